The van der Waals surface area contributed by atoms with Gasteiger partial charge in [0.05, 0.1) is 11.8 Å². The smallest absolute Gasteiger partial charge is 0.254 e. The van der Waals surface area contributed by atoms with Crippen LogP contribution in [-0.2, 0) is 4.74 Å². The van der Waals surface area contributed by atoms with Gasteiger partial charge in [0.1, 0.15) is 5.82 Å². The van der Waals surface area contributed by atoms with Gasteiger partial charge in [0.15, 0.2) is 0 Å². The highest BCUT2D eigenvalue weighted by Gasteiger charge is 2.31. The molecule has 1 amide bonds. The Labute approximate surface area is 147 Å². The van der Waals surface area contributed by atoms with Crippen molar-refractivity contribution in [2.75, 3.05) is 43.7 Å². The maximum absolute atomic E-state index is 14.3. The molecule has 24 heavy (non-hydrogen) atoms. The van der Waals surface area contributed by atoms with Crippen molar-refractivity contribution < 1.29 is 13.9 Å². The molecule has 1 aromatic carbocycles. The lowest BCUT2D eigenvalue weighted by atomic mass is 10.1. The zero-order chi connectivity index (χ0) is 17.1. The van der Waals surface area contributed by atoms with Crippen molar-refractivity contribution in [2.45, 2.75) is 31.4 Å². The lowest BCUT2D eigenvalue weighted by molar-refractivity contribution is 0.0441. The lowest BCUT2D eigenvalue weighted by Crippen LogP contribution is -2.44. The highest BCUT2D eigenvalue weighted by molar-refractivity contribution is 7.99. The van der Waals surface area contributed by atoms with Crippen LogP contribution >= 0.6 is 11.8 Å². The summed E-state index contributed by atoms with van der Waals surface area (Å²) in [5, 5.41) is 0. The summed E-state index contributed by atoms with van der Waals surface area (Å²) >= 11 is 1.88. The maximum atomic E-state index is 14.3. The second-order valence-corrected chi connectivity index (χ2v) is 7.82. The fourth-order valence-electron chi connectivity index (χ4n) is 3.34. The quantitative estimate of drug-likeness (QED) is 0.816. The van der Waals surface area contributed by atoms with Crippen LogP contribution in [0.2, 0.25) is 0 Å². The minimum Gasteiger partial charge on any atom is -0.376 e. The molecule has 0 aliphatic carbocycles. The molecule has 2 fully saturated rings. The average molecular weight is 352 g/mol. The summed E-state index contributed by atoms with van der Waals surface area (Å²) < 4.78 is 20.0. The summed E-state index contributed by atoms with van der Waals surface area (Å²) in [6, 6.07) is 4.99. The van der Waals surface area contributed by atoms with Crippen molar-refractivity contribution in [3.63, 3.8) is 0 Å². The van der Waals surface area contributed by atoms with Gasteiger partial charge in [-0.3, -0.25) is 4.79 Å². The SMILES string of the molecule is CN(C)c1ccc(C(=O)N(C[C@H]2CCCO2)[C@@H]2CCSC2)cc1F. The van der Waals surface area contributed by atoms with Crippen molar-refractivity contribution >= 4 is 23.4 Å². The normalized spacial score (nSPS) is 23.5. The first-order valence-electron chi connectivity index (χ1n) is 8.53. The third-order valence-corrected chi connectivity index (χ3v) is 5.85. The van der Waals surface area contributed by atoms with Crippen LogP contribution in [0.3, 0.4) is 0 Å². The summed E-state index contributed by atoms with van der Waals surface area (Å²) in [6.45, 7) is 1.39. The molecule has 0 unspecified atom stereocenters. The molecule has 2 aliphatic rings. The van der Waals surface area contributed by atoms with Crippen molar-refractivity contribution in [3.05, 3.63) is 29.6 Å². The Bertz CT molecular complexity index is 584. The molecule has 0 spiro atoms. The number of carbonyl (C=O) groups is 1. The van der Waals surface area contributed by atoms with E-state index in [2.05, 4.69) is 0 Å². The molecular formula is C18H25FN2O2S. The molecule has 0 bridgehead atoms. The standard InChI is InChI=1S/C18H25FN2O2S/c1-20(2)17-6-5-13(10-16(17)19)18(22)21(14-7-9-24-12-14)11-15-4-3-8-23-15/h5-6,10,14-15H,3-4,7-9,11-12H2,1-2H3/t14-,15-/m1/s1. The van der Waals surface area contributed by atoms with Gasteiger partial charge >= 0.3 is 0 Å². The molecule has 0 N–H and O–H groups in total. The van der Waals surface area contributed by atoms with Gasteiger partial charge in [-0.2, -0.15) is 11.8 Å². The Hall–Kier alpha value is -1.27. The highest BCUT2D eigenvalue weighted by atomic mass is 32.2. The number of benzene rings is 1. The van der Waals surface area contributed by atoms with Gasteiger partial charge in [0.2, 0.25) is 0 Å². The van der Waals surface area contributed by atoms with Gasteiger partial charge in [-0.05, 0) is 43.2 Å². The Kier molecular flexibility index (Phi) is 5.66. The molecule has 0 radical (unpaired) electrons. The summed E-state index contributed by atoms with van der Waals surface area (Å²) in [4.78, 5) is 16.7. The van der Waals surface area contributed by atoms with Crippen molar-refractivity contribution in [3.8, 4) is 0 Å². The number of nitrogens with zero attached hydrogens (tertiary/aromatic N) is 2. The van der Waals surface area contributed by atoms with E-state index in [0.29, 0.717) is 17.8 Å². The number of hydrogen-bond donors (Lipinski definition) is 0. The van der Waals surface area contributed by atoms with Gasteiger partial charge < -0.3 is 14.5 Å². The van der Waals surface area contributed by atoms with E-state index in [0.717, 1.165) is 37.4 Å². The van der Waals surface area contributed by atoms with Crippen molar-refractivity contribution in [1.82, 2.24) is 4.90 Å². The van der Waals surface area contributed by atoms with E-state index in [1.54, 1.807) is 31.1 Å². The zero-order valence-electron chi connectivity index (χ0n) is 14.3. The largest absolute Gasteiger partial charge is 0.376 e. The molecule has 132 valence electrons. The summed E-state index contributed by atoms with van der Waals surface area (Å²) in [5.74, 6) is 1.59. The van der Waals surface area contributed by atoms with E-state index in [1.165, 1.54) is 6.07 Å². The molecule has 2 heterocycles. The van der Waals surface area contributed by atoms with Gasteiger partial charge in [-0.25, -0.2) is 4.39 Å². The Morgan fingerprint density at radius 3 is 2.79 bits per heavy atom. The first kappa shape index (κ1) is 17.5. The molecule has 4 nitrogen and oxygen atoms in total. The van der Waals surface area contributed by atoms with Crippen LogP contribution in [0.1, 0.15) is 29.6 Å². The minimum atomic E-state index is -0.358. The fraction of sp³-hybridized carbons (Fsp3) is 0.611. The number of thioether (sulfide) groups is 1. The molecule has 0 saturated carbocycles. The number of halogens is 1. The van der Waals surface area contributed by atoms with E-state index in [1.807, 2.05) is 16.7 Å². The van der Waals surface area contributed by atoms with Crippen LogP contribution in [0.4, 0.5) is 10.1 Å². The number of rotatable bonds is 5. The topological polar surface area (TPSA) is 32.8 Å². The van der Waals surface area contributed by atoms with Crippen molar-refractivity contribution in [1.29, 1.82) is 0 Å². The molecular weight excluding hydrogens is 327 g/mol. The Morgan fingerprint density at radius 1 is 1.38 bits per heavy atom. The summed E-state index contributed by atoms with van der Waals surface area (Å²) in [5.41, 5.74) is 0.918. The molecule has 2 aliphatic heterocycles. The van der Waals surface area contributed by atoms with Crippen LogP contribution in [0.15, 0.2) is 18.2 Å². The molecule has 3 rings (SSSR count). The predicted octanol–water partition coefficient (Wildman–Crippen LogP) is 3.02. The maximum Gasteiger partial charge on any atom is 0.254 e. The molecule has 2 saturated heterocycles. The molecule has 6 heteroatoms. The third-order valence-electron chi connectivity index (χ3n) is 4.71. The van der Waals surface area contributed by atoms with Gasteiger partial charge in [0, 0.05) is 44.6 Å². The third kappa shape index (κ3) is 3.86. The lowest BCUT2D eigenvalue weighted by Gasteiger charge is -2.31. The number of carbonyl (C=O) groups excluding carboxylic acids is 1. The summed E-state index contributed by atoms with van der Waals surface area (Å²) in [7, 11) is 3.58. The van der Waals surface area contributed by atoms with E-state index >= 15 is 0 Å². The van der Waals surface area contributed by atoms with Crippen LogP contribution in [0.25, 0.3) is 0 Å². The number of hydrogen-bond acceptors (Lipinski definition) is 4. The van der Waals surface area contributed by atoms with E-state index in [4.69, 9.17) is 4.74 Å². The minimum absolute atomic E-state index is 0.0813. The van der Waals surface area contributed by atoms with Gasteiger partial charge in [-0.1, -0.05) is 0 Å². The average Bonchev–Trinajstić information content (AvgIpc) is 3.25. The molecule has 0 aromatic heterocycles. The number of amides is 1. The van der Waals surface area contributed by atoms with Gasteiger partial charge in [-0.15, -0.1) is 0 Å². The number of anilines is 1. The van der Waals surface area contributed by atoms with E-state index in [9.17, 15) is 9.18 Å². The highest BCUT2D eigenvalue weighted by Crippen LogP contribution is 2.27. The first-order valence-corrected chi connectivity index (χ1v) is 9.69. The molecule has 1 aromatic rings. The van der Waals surface area contributed by atoms with E-state index in [-0.39, 0.29) is 23.9 Å². The second kappa shape index (κ2) is 7.74. The first-order chi connectivity index (χ1) is 11.6. The van der Waals surface area contributed by atoms with Gasteiger partial charge in [0.25, 0.3) is 5.91 Å². The predicted molar refractivity (Wildman–Crippen MR) is 96.5 cm³/mol. The fourth-order valence-corrected chi connectivity index (χ4v) is 4.57. The zero-order valence-corrected chi connectivity index (χ0v) is 15.2. The van der Waals surface area contributed by atoms with Crippen molar-refractivity contribution in [2.24, 2.45) is 0 Å². The monoisotopic (exact) mass is 352 g/mol. The molecule has 2 atom stereocenters. The van der Waals surface area contributed by atoms with Crippen LogP contribution in [0, 0.1) is 5.82 Å². The van der Waals surface area contributed by atoms with Crippen LogP contribution in [0.5, 0.6) is 0 Å². The second-order valence-electron chi connectivity index (χ2n) is 6.67. The Balaban J connectivity index is 1.80. The van der Waals surface area contributed by atoms with E-state index < -0.39 is 0 Å². The van der Waals surface area contributed by atoms with Crippen LogP contribution < -0.4 is 4.90 Å². The number of ether oxygens (including phenoxy) is 1. The summed E-state index contributed by atoms with van der Waals surface area (Å²) in [6.07, 6.45) is 3.17. The Morgan fingerprint density at radius 2 is 2.21 bits per heavy atom. The van der Waals surface area contributed by atoms with Crippen LogP contribution in [-0.4, -0.2) is 61.7 Å².